The molecule has 0 spiro atoms. The highest BCUT2D eigenvalue weighted by atomic mass is 14.9. The van der Waals surface area contributed by atoms with Crippen molar-refractivity contribution in [2.75, 3.05) is 5.73 Å². The lowest BCUT2D eigenvalue weighted by atomic mass is 9.83. The Kier molecular flexibility index (Phi) is 3.80. The van der Waals surface area contributed by atoms with Gasteiger partial charge in [-0.05, 0) is 41.5 Å². The zero-order valence-electron chi connectivity index (χ0n) is 13.0. The Morgan fingerprint density at radius 2 is 1.50 bits per heavy atom. The fourth-order valence-electron chi connectivity index (χ4n) is 2.32. The van der Waals surface area contributed by atoms with Crippen LogP contribution in [0.1, 0.15) is 48.8 Å². The molecule has 0 radical (unpaired) electrons. The Morgan fingerprint density at radius 1 is 1.00 bits per heavy atom. The van der Waals surface area contributed by atoms with E-state index in [1.165, 1.54) is 22.3 Å². The fraction of sp³-hybridized carbons (Fsp3) is 0.412. The Bertz CT molecular complexity index is 584. The van der Waals surface area contributed by atoms with Crippen molar-refractivity contribution in [1.82, 2.24) is 9.97 Å². The Balaban J connectivity index is 2.36. The molecule has 0 atom stereocenters. The monoisotopic (exact) mass is 269 g/mol. The lowest BCUT2D eigenvalue weighted by molar-refractivity contribution is 0.588. The molecular weight excluding hydrogens is 246 g/mol. The van der Waals surface area contributed by atoms with Gasteiger partial charge in [-0.15, -0.1) is 0 Å². The normalized spacial score (nSPS) is 11.7. The molecule has 0 fully saturated rings. The molecule has 1 aromatic carbocycles. The van der Waals surface area contributed by atoms with Crippen LogP contribution >= 0.6 is 0 Å². The average Bonchev–Trinajstić information content (AvgIpc) is 2.34. The van der Waals surface area contributed by atoms with Gasteiger partial charge in [-0.3, -0.25) is 0 Å². The van der Waals surface area contributed by atoms with Crippen LogP contribution in [-0.2, 0) is 11.8 Å². The molecule has 2 rings (SSSR count). The van der Waals surface area contributed by atoms with Gasteiger partial charge >= 0.3 is 0 Å². The first kappa shape index (κ1) is 14.5. The third-order valence-electron chi connectivity index (χ3n) is 3.62. The second kappa shape index (κ2) is 5.23. The SMILES string of the molecule is Cc1cc(C(C)(C)C)cc(C)c1Cc1ncc(N)cn1. The molecule has 0 saturated carbocycles. The molecule has 0 aliphatic heterocycles. The highest BCUT2D eigenvalue weighted by molar-refractivity contribution is 5.42. The van der Waals surface area contributed by atoms with Gasteiger partial charge in [-0.1, -0.05) is 32.9 Å². The molecule has 0 saturated heterocycles. The first-order chi connectivity index (χ1) is 9.27. The number of benzene rings is 1. The molecule has 1 aromatic heterocycles. The molecule has 2 N–H and O–H groups in total. The summed E-state index contributed by atoms with van der Waals surface area (Å²) in [7, 11) is 0. The number of hydrogen-bond acceptors (Lipinski definition) is 3. The predicted octanol–water partition coefficient (Wildman–Crippen LogP) is 3.56. The summed E-state index contributed by atoms with van der Waals surface area (Å²) in [5.74, 6) is 0.814. The number of aryl methyl sites for hydroxylation is 2. The van der Waals surface area contributed by atoms with Gasteiger partial charge in [0.2, 0.25) is 0 Å². The third kappa shape index (κ3) is 3.16. The molecule has 0 aliphatic carbocycles. The Labute approximate surface area is 121 Å². The van der Waals surface area contributed by atoms with Crippen LogP contribution in [0.4, 0.5) is 5.69 Å². The van der Waals surface area contributed by atoms with Crippen molar-refractivity contribution < 1.29 is 0 Å². The van der Waals surface area contributed by atoms with E-state index in [-0.39, 0.29) is 5.41 Å². The molecule has 0 amide bonds. The highest BCUT2D eigenvalue weighted by Gasteiger charge is 2.16. The van der Waals surface area contributed by atoms with Crippen molar-refractivity contribution in [3.8, 4) is 0 Å². The van der Waals surface area contributed by atoms with E-state index in [0.29, 0.717) is 5.69 Å². The van der Waals surface area contributed by atoms with Gasteiger partial charge in [0.05, 0.1) is 18.1 Å². The van der Waals surface area contributed by atoms with Gasteiger partial charge in [-0.2, -0.15) is 0 Å². The van der Waals surface area contributed by atoms with E-state index in [4.69, 9.17) is 5.73 Å². The molecule has 2 aromatic rings. The Hall–Kier alpha value is -1.90. The van der Waals surface area contributed by atoms with Crippen LogP contribution in [0.5, 0.6) is 0 Å². The second-order valence-corrected chi connectivity index (χ2v) is 6.45. The molecule has 1 heterocycles. The van der Waals surface area contributed by atoms with E-state index >= 15 is 0 Å². The molecule has 0 bridgehead atoms. The Morgan fingerprint density at radius 3 is 1.95 bits per heavy atom. The van der Waals surface area contributed by atoms with Crippen molar-refractivity contribution >= 4 is 5.69 Å². The van der Waals surface area contributed by atoms with Gasteiger partial charge in [0.1, 0.15) is 5.82 Å². The van der Waals surface area contributed by atoms with Crippen molar-refractivity contribution in [3.05, 3.63) is 52.6 Å². The number of anilines is 1. The summed E-state index contributed by atoms with van der Waals surface area (Å²) in [6, 6.07) is 4.55. The van der Waals surface area contributed by atoms with Gasteiger partial charge in [0.15, 0.2) is 0 Å². The van der Waals surface area contributed by atoms with Gasteiger partial charge in [0.25, 0.3) is 0 Å². The standard InChI is InChI=1S/C17H23N3/c1-11-6-13(17(3,4)5)7-12(2)15(11)8-16-19-9-14(18)10-20-16/h6-7,9-10H,8,18H2,1-5H3. The van der Waals surface area contributed by atoms with E-state index < -0.39 is 0 Å². The quantitative estimate of drug-likeness (QED) is 0.907. The summed E-state index contributed by atoms with van der Waals surface area (Å²) in [4.78, 5) is 8.58. The maximum atomic E-state index is 5.62. The van der Waals surface area contributed by atoms with Crippen molar-refractivity contribution in [1.29, 1.82) is 0 Å². The summed E-state index contributed by atoms with van der Waals surface area (Å²) in [6.45, 7) is 11.0. The zero-order valence-corrected chi connectivity index (χ0v) is 13.0. The topological polar surface area (TPSA) is 51.8 Å². The van der Waals surface area contributed by atoms with E-state index in [0.717, 1.165) is 12.2 Å². The molecule has 106 valence electrons. The second-order valence-electron chi connectivity index (χ2n) is 6.45. The first-order valence-electron chi connectivity index (χ1n) is 6.94. The first-order valence-corrected chi connectivity index (χ1v) is 6.94. The third-order valence-corrected chi connectivity index (χ3v) is 3.62. The molecule has 0 unspecified atom stereocenters. The summed E-state index contributed by atoms with van der Waals surface area (Å²) in [5.41, 5.74) is 11.7. The van der Waals surface area contributed by atoms with Crippen LogP contribution in [0.2, 0.25) is 0 Å². The largest absolute Gasteiger partial charge is 0.396 e. The molecule has 3 heteroatoms. The summed E-state index contributed by atoms with van der Waals surface area (Å²) >= 11 is 0. The number of rotatable bonds is 2. The average molecular weight is 269 g/mol. The van der Waals surface area contributed by atoms with Crippen molar-refractivity contribution in [2.45, 2.75) is 46.5 Å². The minimum atomic E-state index is 0.172. The smallest absolute Gasteiger partial charge is 0.132 e. The molecule has 20 heavy (non-hydrogen) atoms. The minimum Gasteiger partial charge on any atom is -0.396 e. The molecule has 0 aliphatic rings. The van der Waals surface area contributed by atoms with E-state index in [1.807, 2.05) is 0 Å². The zero-order chi connectivity index (χ0) is 14.9. The lowest BCUT2D eigenvalue weighted by Crippen LogP contribution is -2.13. The van der Waals surface area contributed by atoms with Crippen LogP contribution in [-0.4, -0.2) is 9.97 Å². The van der Waals surface area contributed by atoms with Gasteiger partial charge in [-0.25, -0.2) is 9.97 Å². The number of nitrogen functional groups attached to an aromatic ring is 1. The molecular formula is C17H23N3. The van der Waals surface area contributed by atoms with E-state index in [2.05, 4.69) is 56.7 Å². The van der Waals surface area contributed by atoms with Crippen LogP contribution < -0.4 is 5.73 Å². The van der Waals surface area contributed by atoms with Crippen molar-refractivity contribution in [2.24, 2.45) is 0 Å². The minimum absolute atomic E-state index is 0.172. The number of aromatic nitrogens is 2. The van der Waals surface area contributed by atoms with Crippen molar-refractivity contribution in [3.63, 3.8) is 0 Å². The van der Waals surface area contributed by atoms with Gasteiger partial charge < -0.3 is 5.73 Å². The fourth-order valence-corrected chi connectivity index (χ4v) is 2.32. The van der Waals surface area contributed by atoms with Crippen LogP contribution in [0.25, 0.3) is 0 Å². The van der Waals surface area contributed by atoms with Crippen LogP contribution in [0, 0.1) is 13.8 Å². The maximum Gasteiger partial charge on any atom is 0.132 e. The summed E-state index contributed by atoms with van der Waals surface area (Å²) < 4.78 is 0. The number of nitrogens with two attached hydrogens (primary N) is 1. The predicted molar refractivity (Wildman–Crippen MR) is 83.9 cm³/mol. The highest BCUT2D eigenvalue weighted by Crippen LogP contribution is 2.27. The van der Waals surface area contributed by atoms with Gasteiger partial charge in [0, 0.05) is 6.42 Å². The maximum absolute atomic E-state index is 5.62. The molecule has 3 nitrogen and oxygen atoms in total. The lowest BCUT2D eigenvalue weighted by Gasteiger charge is -2.22. The van der Waals surface area contributed by atoms with Crippen LogP contribution in [0.3, 0.4) is 0 Å². The summed E-state index contributed by atoms with van der Waals surface area (Å²) in [6.07, 6.45) is 4.08. The van der Waals surface area contributed by atoms with Crippen LogP contribution in [0.15, 0.2) is 24.5 Å². The van der Waals surface area contributed by atoms with E-state index in [1.54, 1.807) is 12.4 Å². The summed E-state index contributed by atoms with van der Waals surface area (Å²) in [5, 5.41) is 0. The number of hydrogen-bond donors (Lipinski definition) is 1. The van der Waals surface area contributed by atoms with E-state index in [9.17, 15) is 0 Å². The number of nitrogens with zero attached hydrogens (tertiary/aromatic N) is 2.